The van der Waals surface area contributed by atoms with Crippen LogP contribution in [0.5, 0.6) is 0 Å². The molecule has 0 amide bonds. The second-order valence-corrected chi connectivity index (χ2v) is 4.13. The highest BCUT2D eigenvalue weighted by Gasteiger charge is 2.18. The lowest BCUT2D eigenvalue weighted by Gasteiger charge is -1.99. The summed E-state index contributed by atoms with van der Waals surface area (Å²) in [6.07, 6.45) is 0. The van der Waals surface area contributed by atoms with Crippen LogP contribution in [0.3, 0.4) is 0 Å². The number of rotatable bonds is 3. The van der Waals surface area contributed by atoms with Crippen molar-refractivity contribution in [3.63, 3.8) is 0 Å². The highest BCUT2D eigenvalue weighted by Crippen LogP contribution is 2.27. The zero-order valence-electron chi connectivity index (χ0n) is 8.81. The predicted octanol–water partition coefficient (Wildman–Crippen LogP) is 2.48. The number of hydrogen-bond acceptors (Lipinski definition) is 4. The minimum atomic E-state index is -1.18. The van der Waals surface area contributed by atoms with Crippen LogP contribution in [0.4, 0.5) is 4.39 Å². The fourth-order valence-electron chi connectivity index (χ4n) is 1.48. The van der Waals surface area contributed by atoms with Gasteiger partial charge in [-0.15, -0.1) is 11.3 Å². The number of carboxylic acids is 1. The van der Waals surface area contributed by atoms with Gasteiger partial charge in [-0.05, 0) is 18.2 Å². The summed E-state index contributed by atoms with van der Waals surface area (Å²) in [5.74, 6) is -1.54. The number of carbonyl (C=O) groups is 1. The van der Waals surface area contributed by atoms with Crippen molar-refractivity contribution >= 4 is 33.1 Å². The van der Waals surface area contributed by atoms with E-state index < -0.39 is 5.97 Å². The Morgan fingerprint density at radius 1 is 1.53 bits per heavy atom. The number of aliphatic carboxylic acids is 1. The van der Waals surface area contributed by atoms with Crippen LogP contribution in [-0.4, -0.2) is 23.9 Å². The first-order chi connectivity index (χ1) is 8.13. The minimum Gasteiger partial charge on any atom is -0.476 e. The molecule has 0 spiro atoms. The lowest BCUT2D eigenvalue weighted by atomic mass is 10.1. The van der Waals surface area contributed by atoms with Crippen LogP contribution in [0.15, 0.2) is 28.7 Å². The van der Waals surface area contributed by atoms with Gasteiger partial charge in [0.2, 0.25) is 0 Å². The third kappa shape index (κ3) is 2.12. The minimum absolute atomic E-state index is 0.189. The first-order valence-corrected chi connectivity index (χ1v) is 5.53. The van der Waals surface area contributed by atoms with Crippen molar-refractivity contribution < 1.29 is 19.1 Å². The molecule has 1 N–H and O–H groups in total. The van der Waals surface area contributed by atoms with Gasteiger partial charge in [0.05, 0.1) is 0 Å². The Hall–Kier alpha value is -1.95. The molecule has 0 aliphatic heterocycles. The normalized spacial score (nSPS) is 11.8. The Morgan fingerprint density at radius 3 is 2.94 bits per heavy atom. The summed E-state index contributed by atoms with van der Waals surface area (Å²) >= 11 is 1.26. The van der Waals surface area contributed by atoms with E-state index in [-0.39, 0.29) is 11.5 Å². The second-order valence-electron chi connectivity index (χ2n) is 3.22. The number of benzene rings is 1. The molecule has 6 heteroatoms. The molecule has 0 aliphatic carbocycles. The Labute approximate surface area is 99.9 Å². The van der Waals surface area contributed by atoms with E-state index in [2.05, 4.69) is 9.99 Å². The first kappa shape index (κ1) is 11.5. The molecule has 88 valence electrons. The standard InChI is InChI=1S/C11H8FNO3S/c1-16-13-10(11(14)15)8-5-17-9-4-6(12)2-3-7(8)9/h2-5H,1H3,(H,14,15). The van der Waals surface area contributed by atoms with Crippen LogP contribution in [-0.2, 0) is 9.63 Å². The van der Waals surface area contributed by atoms with Crippen molar-refractivity contribution in [1.82, 2.24) is 0 Å². The molecular weight excluding hydrogens is 245 g/mol. The molecule has 4 nitrogen and oxygen atoms in total. The summed E-state index contributed by atoms with van der Waals surface area (Å²) in [5, 5.41) is 14.7. The smallest absolute Gasteiger partial charge is 0.358 e. The molecule has 1 heterocycles. The van der Waals surface area contributed by atoms with Gasteiger partial charge in [-0.1, -0.05) is 5.16 Å². The number of oxime groups is 1. The van der Waals surface area contributed by atoms with Gasteiger partial charge in [-0.2, -0.15) is 0 Å². The third-order valence-corrected chi connectivity index (χ3v) is 3.12. The largest absolute Gasteiger partial charge is 0.476 e. The molecule has 0 saturated carbocycles. The molecule has 0 unspecified atom stereocenters. The molecule has 17 heavy (non-hydrogen) atoms. The van der Waals surface area contributed by atoms with E-state index in [4.69, 9.17) is 5.11 Å². The number of thiophene rings is 1. The van der Waals surface area contributed by atoms with E-state index >= 15 is 0 Å². The van der Waals surface area contributed by atoms with Crippen molar-refractivity contribution in [3.05, 3.63) is 35.0 Å². The van der Waals surface area contributed by atoms with Crippen LogP contribution < -0.4 is 0 Å². The Morgan fingerprint density at radius 2 is 2.29 bits per heavy atom. The predicted molar refractivity (Wildman–Crippen MR) is 63.0 cm³/mol. The monoisotopic (exact) mass is 253 g/mol. The van der Waals surface area contributed by atoms with Crippen molar-refractivity contribution in [2.75, 3.05) is 7.11 Å². The average Bonchev–Trinajstić information content (AvgIpc) is 2.68. The zero-order valence-corrected chi connectivity index (χ0v) is 9.62. The van der Waals surface area contributed by atoms with Gasteiger partial charge in [0.1, 0.15) is 12.9 Å². The summed E-state index contributed by atoms with van der Waals surface area (Å²) in [6, 6.07) is 4.17. The Kier molecular flexibility index (Phi) is 3.06. The van der Waals surface area contributed by atoms with E-state index in [9.17, 15) is 9.18 Å². The van der Waals surface area contributed by atoms with E-state index in [0.29, 0.717) is 15.6 Å². The summed E-state index contributed by atoms with van der Waals surface area (Å²) < 4.78 is 13.7. The number of nitrogens with zero attached hydrogens (tertiary/aromatic N) is 1. The highest BCUT2D eigenvalue weighted by atomic mass is 32.1. The topological polar surface area (TPSA) is 58.9 Å². The first-order valence-electron chi connectivity index (χ1n) is 4.65. The molecule has 0 fully saturated rings. The van der Waals surface area contributed by atoms with Gasteiger partial charge in [-0.3, -0.25) is 0 Å². The summed E-state index contributed by atoms with van der Waals surface area (Å²) in [5.41, 5.74) is 0.240. The molecule has 0 radical (unpaired) electrons. The molecule has 2 rings (SSSR count). The maximum Gasteiger partial charge on any atom is 0.358 e. The summed E-state index contributed by atoms with van der Waals surface area (Å²) in [6.45, 7) is 0. The Bertz CT molecular complexity index is 606. The number of carboxylic acid groups (broad SMARTS) is 1. The van der Waals surface area contributed by atoms with Crippen molar-refractivity contribution in [2.45, 2.75) is 0 Å². The molecule has 0 bridgehead atoms. The quantitative estimate of drug-likeness (QED) is 0.675. The lowest BCUT2D eigenvalue weighted by Crippen LogP contribution is -2.14. The zero-order chi connectivity index (χ0) is 12.4. The molecule has 2 aromatic rings. The van der Waals surface area contributed by atoms with E-state index in [0.717, 1.165) is 0 Å². The van der Waals surface area contributed by atoms with Crippen molar-refractivity contribution in [3.8, 4) is 0 Å². The van der Waals surface area contributed by atoms with E-state index in [1.54, 1.807) is 5.38 Å². The Balaban J connectivity index is 2.62. The van der Waals surface area contributed by atoms with Gasteiger partial charge in [0.25, 0.3) is 0 Å². The maximum absolute atomic E-state index is 13.0. The summed E-state index contributed by atoms with van der Waals surface area (Å²) in [7, 11) is 1.27. The molecule has 0 saturated heterocycles. The van der Waals surface area contributed by atoms with Gasteiger partial charge in [0.15, 0.2) is 5.71 Å². The van der Waals surface area contributed by atoms with Crippen LogP contribution in [0.2, 0.25) is 0 Å². The van der Waals surface area contributed by atoms with Crippen LogP contribution in [0.25, 0.3) is 10.1 Å². The van der Waals surface area contributed by atoms with E-state index in [1.807, 2.05) is 0 Å². The lowest BCUT2D eigenvalue weighted by molar-refractivity contribution is -0.129. The van der Waals surface area contributed by atoms with Gasteiger partial charge >= 0.3 is 5.97 Å². The van der Waals surface area contributed by atoms with Crippen LogP contribution >= 0.6 is 11.3 Å². The average molecular weight is 253 g/mol. The highest BCUT2D eigenvalue weighted by molar-refractivity contribution is 7.17. The molecule has 0 aliphatic rings. The molecule has 1 aromatic heterocycles. The second kappa shape index (κ2) is 4.50. The fraction of sp³-hybridized carbons (Fsp3) is 0.0909. The number of fused-ring (bicyclic) bond motifs is 1. The molecule has 0 atom stereocenters. The SMILES string of the molecule is CON=C(C(=O)O)c1csc2cc(F)ccc12. The maximum atomic E-state index is 13.0. The van der Waals surface area contributed by atoms with Crippen LogP contribution in [0.1, 0.15) is 5.56 Å². The van der Waals surface area contributed by atoms with Crippen molar-refractivity contribution in [1.29, 1.82) is 0 Å². The van der Waals surface area contributed by atoms with Crippen LogP contribution in [0, 0.1) is 5.82 Å². The number of hydrogen-bond donors (Lipinski definition) is 1. The molecule has 1 aromatic carbocycles. The van der Waals surface area contributed by atoms with Gasteiger partial charge in [-0.25, -0.2) is 9.18 Å². The van der Waals surface area contributed by atoms with Gasteiger partial charge < -0.3 is 9.94 Å². The summed E-state index contributed by atoms with van der Waals surface area (Å²) in [4.78, 5) is 15.5. The van der Waals surface area contributed by atoms with Gasteiger partial charge in [0, 0.05) is 21.0 Å². The third-order valence-electron chi connectivity index (χ3n) is 2.18. The van der Waals surface area contributed by atoms with E-state index in [1.165, 1.54) is 36.6 Å². The fourth-order valence-corrected chi connectivity index (χ4v) is 2.45. The molecular formula is C11H8FNO3S. The number of halogens is 1. The van der Waals surface area contributed by atoms with Crippen molar-refractivity contribution in [2.24, 2.45) is 5.16 Å².